The van der Waals surface area contributed by atoms with Gasteiger partial charge in [-0.2, -0.15) is 0 Å². The van der Waals surface area contributed by atoms with E-state index in [2.05, 4.69) is 5.29 Å². The number of esters is 1. The number of hydrogen-bond donors (Lipinski definition) is 1. The molecular weight excluding hydrogens is 368 g/mol. The van der Waals surface area contributed by atoms with Crippen LogP contribution in [0.2, 0.25) is 0 Å². The Kier molecular flexibility index (Phi) is 8.34. The Balaban J connectivity index is 2.47. The summed E-state index contributed by atoms with van der Waals surface area (Å²) < 4.78 is 5.67. The third kappa shape index (κ3) is 6.12. The highest BCUT2D eigenvalue weighted by Crippen LogP contribution is 2.36. The lowest BCUT2D eigenvalue weighted by Gasteiger charge is -2.25. The zero-order valence-corrected chi connectivity index (χ0v) is 17.5. The Morgan fingerprint density at radius 3 is 2.34 bits per heavy atom. The molecule has 2 aromatic rings. The normalized spacial score (nSPS) is 12.1. The van der Waals surface area contributed by atoms with Crippen molar-refractivity contribution >= 4 is 5.97 Å². The second kappa shape index (κ2) is 10.7. The summed E-state index contributed by atoms with van der Waals surface area (Å²) >= 11 is 0. The van der Waals surface area contributed by atoms with Crippen molar-refractivity contribution < 1.29 is 14.6 Å². The number of hydrogen-bond acceptors (Lipinski definition) is 5. The molecule has 0 saturated carbocycles. The fourth-order valence-electron chi connectivity index (χ4n) is 3.13. The standard InChI is InChI=1S/C23H30N2O4/c1-16(2)23(27)29-22-11-10-18(15-26)14-21(22)20(19-8-6-5-7-9-19)12-13-25(24-28)17(3)4/h5-11,14,16-17,20,26H,12-13,15H2,1-4H3/t20-/m1/s1. The number of rotatable bonds is 10. The van der Waals surface area contributed by atoms with E-state index >= 15 is 0 Å². The molecule has 0 bridgehead atoms. The topological polar surface area (TPSA) is 79.2 Å². The molecule has 2 rings (SSSR count). The molecule has 0 saturated heterocycles. The minimum atomic E-state index is -0.312. The van der Waals surface area contributed by atoms with Gasteiger partial charge in [-0.05, 0) is 43.5 Å². The number of carbonyl (C=O) groups is 1. The highest BCUT2D eigenvalue weighted by atomic mass is 16.5. The second-order valence-corrected chi connectivity index (χ2v) is 7.70. The van der Waals surface area contributed by atoms with Gasteiger partial charge in [0, 0.05) is 24.1 Å². The molecule has 0 radical (unpaired) electrons. The number of carbonyl (C=O) groups excluding carboxylic acids is 1. The molecule has 1 atom stereocenters. The summed E-state index contributed by atoms with van der Waals surface area (Å²) in [6, 6.07) is 15.2. The SMILES string of the molecule is CC(C)C(=O)Oc1ccc(CO)cc1[C@H](CCN(N=O)C(C)C)c1ccccc1. The lowest BCUT2D eigenvalue weighted by Crippen LogP contribution is -2.27. The maximum Gasteiger partial charge on any atom is 0.313 e. The zero-order valence-electron chi connectivity index (χ0n) is 17.5. The first kappa shape index (κ1) is 22.6. The molecule has 156 valence electrons. The van der Waals surface area contributed by atoms with E-state index in [1.165, 1.54) is 5.01 Å². The van der Waals surface area contributed by atoms with E-state index in [0.29, 0.717) is 18.7 Å². The molecule has 0 unspecified atom stereocenters. The van der Waals surface area contributed by atoms with Gasteiger partial charge in [-0.1, -0.05) is 50.2 Å². The van der Waals surface area contributed by atoms with Crippen molar-refractivity contribution in [3.8, 4) is 5.75 Å². The summed E-state index contributed by atoms with van der Waals surface area (Å²) in [5.74, 6) is -0.218. The Bertz CT molecular complexity index is 806. The summed E-state index contributed by atoms with van der Waals surface area (Å²) in [7, 11) is 0. The minimum absolute atomic E-state index is 0.00839. The maximum absolute atomic E-state index is 12.2. The van der Waals surface area contributed by atoms with Crippen molar-refractivity contribution in [3.05, 3.63) is 70.1 Å². The van der Waals surface area contributed by atoms with Crippen LogP contribution in [0, 0.1) is 10.8 Å². The average Bonchev–Trinajstić information content (AvgIpc) is 2.72. The van der Waals surface area contributed by atoms with E-state index in [1.54, 1.807) is 26.0 Å². The molecule has 0 aliphatic carbocycles. The molecule has 2 aromatic carbocycles. The van der Waals surface area contributed by atoms with Gasteiger partial charge in [-0.25, -0.2) is 0 Å². The van der Waals surface area contributed by atoms with E-state index in [1.807, 2.05) is 50.2 Å². The predicted molar refractivity (Wildman–Crippen MR) is 113 cm³/mol. The third-order valence-electron chi connectivity index (χ3n) is 4.86. The van der Waals surface area contributed by atoms with Gasteiger partial charge in [0.15, 0.2) is 0 Å². The zero-order chi connectivity index (χ0) is 21.4. The molecular formula is C23H30N2O4. The maximum atomic E-state index is 12.2. The summed E-state index contributed by atoms with van der Waals surface area (Å²) in [6.07, 6.45) is 0.606. The van der Waals surface area contributed by atoms with Crippen LogP contribution in [0.3, 0.4) is 0 Å². The lowest BCUT2D eigenvalue weighted by molar-refractivity contribution is -0.137. The molecule has 1 N–H and O–H groups in total. The molecule has 0 heterocycles. The van der Waals surface area contributed by atoms with Crippen molar-refractivity contribution in [2.24, 2.45) is 11.2 Å². The molecule has 0 amide bonds. The quantitative estimate of drug-likeness (QED) is 0.273. The van der Waals surface area contributed by atoms with E-state index in [9.17, 15) is 14.8 Å². The van der Waals surface area contributed by atoms with Crippen molar-refractivity contribution in [2.45, 2.75) is 52.7 Å². The van der Waals surface area contributed by atoms with Crippen molar-refractivity contribution in [1.82, 2.24) is 5.01 Å². The van der Waals surface area contributed by atoms with Gasteiger partial charge in [0.2, 0.25) is 0 Å². The second-order valence-electron chi connectivity index (χ2n) is 7.70. The van der Waals surface area contributed by atoms with Gasteiger partial charge in [-0.3, -0.25) is 9.80 Å². The van der Waals surface area contributed by atoms with Crippen LogP contribution >= 0.6 is 0 Å². The Morgan fingerprint density at radius 1 is 1.10 bits per heavy atom. The van der Waals surface area contributed by atoms with Gasteiger partial charge in [0.05, 0.1) is 17.8 Å². The molecule has 6 nitrogen and oxygen atoms in total. The third-order valence-corrected chi connectivity index (χ3v) is 4.86. The molecule has 0 aromatic heterocycles. The summed E-state index contributed by atoms with van der Waals surface area (Å²) in [4.78, 5) is 23.4. The van der Waals surface area contributed by atoms with E-state index in [-0.39, 0.29) is 30.5 Å². The first-order valence-corrected chi connectivity index (χ1v) is 9.97. The largest absolute Gasteiger partial charge is 0.426 e. The first-order chi connectivity index (χ1) is 13.9. The van der Waals surface area contributed by atoms with Crippen molar-refractivity contribution in [2.75, 3.05) is 6.54 Å². The lowest BCUT2D eigenvalue weighted by atomic mass is 9.87. The van der Waals surface area contributed by atoms with Crippen LogP contribution in [-0.2, 0) is 11.4 Å². The molecule has 0 spiro atoms. The summed E-state index contributed by atoms with van der Waals surface area (Å²) in [5.41, 5.74) is 2.59. The van der Waals surface area contributed by atoms with Gasteiger partial charge in [0.25, 0.3) is 0 Å². The number of ether oxygens (including phenoxy) is 1. The fourth-order valence-corrected chi connectivity index (χ4v) is 3.13. The van der Waals surface area contributed by atoms with Gasteiger partial charge < -0.3 is 9.84 Å². The number of aliphatic hydroxyl groups is 1. The van der Waals surface area contributed by atoms with Crippen LogP contribution in [0.15, 0.2) is 53.8 Å². The van der Waals surface area contributed by atoms with Gasteiger partial charge in [0.1, 0.15) is 5.75 Å². The van der Waals surface area contributed by atoms with Crippen LogP contribution in [-0.4, -0.2) is 28.7 Å². The predicted octanol–water partition coefficient (Wildman–Crippen LogP) is 4.65. The van der Waals surface area contributed by atoms with Crippen LogP contribution in [0.5, 0.6) is 5.75 Å². The average molecular weight is 399 g/mol. The van der Waals surface area contributed by atoms with Crippen LogP contribution in [0.1, 0.15) is 56.7 Å². The van der Waals surface area contributed by atoms with Crippen LogP contribution in [0.25, 0.3) is 0 Å². The smallest absolute Gasteiger partial charge is 0.313 e. The molecule has 0 aliphatic heterocycles. The number of nitrogens with zero attached hydrogens (tertiary/aromatic N) is 2. The first-order valence-electron chi connectivity index (χ1n) is 9.97. The monoisotopic (exact) mass is 398 g/mol. The highest BCUT2D eigenvalue weighted by Gasteiger charge is 2.23. The molecule has 6 heteroatoms. The van der Waals surface area contributed by atoms with Gasteiger partial charge >= 0.3 is 5.97 Å². The summed E-state index contributed by atoms with van der Waals surface area (Å²) in [5, 5.41) is 14.3. The number of nitroso groups, excluding NO2 is 1. The summed E-state index contributed by atoms with van der Waals surface area (Å²) in [6.45, 7) is 7.76. The van der Waals surface area contributed by atoms with Crippen molar-refractivity contribution in [3.63, 3.8) is 0 Å². The Morgan fingerprint density at radius 2 is 1.79 bits per heavy atom. The van der Waals surface area contributed by atoms with Gasteiger partial charge in [-0.15, -0.1) is 4.91 Å². The number of aliphatic hydroxyl groups excluding tert-OH is 1. The van der Waals surface area contributed by atoms with Crippen LogP contribution < -0.4 is 4.74 Å². The van der Waals surface area contributed by atoms with Crippen molar-refractivity contribution in [1.29, 1.82) is 0 Å². The fraction of sp³-hybridized carbons (Fsp3) is 0.435. The Labute approximate surface area is 172 Å². The van der Waals surface area contributed by atoms with E-state index < -0.39 is 0 Å². The molecule has 29 heavy (non-hydrogen) atoms. The van der Waals surface area contributed by atoms with E-state index in [4.69, 9.17) is 4.74 Å². The van der Waals surface area contributed by atoms with Crippen LogP contribution in [0.4, 0.5) is 0 Å². The molecule has 0 fully saturated rings. The van der Waals surface area contributed by atoms with E-state index in [0.717, 1.165) is 16.7 Å². The molecule has 0 aliphatic rings. The number of benzene rings is 2. The Hall–Kier alpha value is -2.73. The minimum Gasteiger partial charge on any atom is -0.426 e. The highest BCUT2D eigenvalue weighted by molar-refractivity contribution is 5.75.